The van der Waals surface area contributed by atoms with Crippen molar-refractivity contribution in [3.8, 4) is 0 Å². The molecule has 0 unspecified atom stereocenters. The van der Waals surface area contributed by atoms with Crippen molar-refractivity contribution in [1.29, 1.82) is 0 Å². The number of nitrogens with one attached hydrogen (secondary N) is 1. The summed E-state index contributed by atoms with van der Waals surface area (Å²) in [6, 6.07) is 4.17. The highest BCUT2D eigenvalue weighted by Crippen LogP contribution is 2.26. The summed E-state index contributed by atoms with van der Waals surface area (Å²) in [7, 11) is 3.16. The first kappa shape index (κ1) is 15.7. The Kier molecular flexibility index (Phi) is 4.49. The first-order valence-electron chi connectivity index (χ1n) is 6.83. The van der Waals surface area contributed by atoms with E-state index in [2.05, 4.69) is 30.6 Å². The fourth-order valence-electron chi connectivity index (χ4n) is 2.26. The maximum Gasteiger partial charge on any atom is 0.330 e. The van der Waals surface area contributed by atoms with Crippen LogP contribution in [0.4, 0.5) is 0 Å². The molecule has 0 atom stereocenters. The molecule has 0 fully saturated rings. The van der Waals surface area contributed by atoms with Gasteiger partial charge in [0.25, 0.3) is 5.56 Å². The van der Waals surface area contributed by atoms with E-state index in [-0.39, 0.29) is 16.7 Å². The van der Waals surface area contributed by atoms with E-state index in [1.807, 2.05) is 6.07 Å². The van der Waals surface area contributed by atoms with Crippen LogP contribution in [0.5, 0.6) is 0 Å². The number of aryl methyl sites for hydroxylation is 1. The van der Waals surface area contributed by atoms with Crippen molar-refractivity contribution < 1.29 is 0 Å². The van der Waals surface area contributed by atoms with Crippen molar-refractivity contribution in [3.63, 3.8) is 0 Å². The van der Waals surface area contributed by atoms with Crippen LogP contribution in [0.1, 0.15) is 24.3 Å². The highest BCUT2D eigenvalue weighted by molar-refractivity contribution is 7.10. The van der Waals surface area contributed by atoms with E-state index in [9.17, 15) is 9.59 Å². The third kappa shape index (κ3) is 3.33. The Morgan fingerprint density at radius 3 is 2.62 bits per heavy atom. The molecule has 0 bridgehead atoms. The lowest BCUT2D eigenvalue weighted by atomic mass is 9.91. The Morgan fingerprint density at radius 1 is 1.29 bits per heavy atom. The zero-order valence-corrected chi connectivity index (χ0v) is 13.7. The van der Waals surface area contributed by atoms with Crippen molar-refractivity contribution in [1.82, 2.24) is 14.5 Å². The summed E-state index contributed by atoms with van der Waals surface area (Å²) in [6.45, 7) is 5.56. The Balaban J connectivity index is 2.08. The van der Waals surface area contributed by atoms with Gasteiger partial charge < -0.3 is 9.88 Å². The summed E-state index contributed by atoms with van der Waals surface area (Å²) in [4.78, 5) is 25.0. The van der Waals surface area contributed by atoms with Crippen LogP contribution >= 0.6 is 11.3 Å². The quantitative estimate of drug-likeness (QED) is 0.903. The lowest BCUT2D eigenvalue weighted by molar-refractivity contribution is 0.473. The van der Waals surface area contributed by atoms with Crippen LogP contribution in [0.2, 0.25) is 0 Å². The molecule has 6 heteroatoms. The van der Waals surface area contributed by atoms with Crippen LogP contribution in [0.25, 0.3) is 0 Å². The molecule has 2 rings (SSSR count). The Labute approximate surface area is 127 Å². The van der Waals surface area contributed by atoms with Gasteiger partial charge in [-0.05, 0) is 11.4 Å². The highest BCUT2D eigenvalue weighted by atomic mass is 32.1. The van der Waals surface area contributed by atoms with Gasteiger partial charge in [-0.25, -0.2) is 4.79 Å². The molecule has 2 aromatic rings. The van der Waals surface area contributed by atoms with Gasteiger partial charge in [0.15, 0.2) is 0 Å². The van der Waals surface area contributed by atoms with Crippen molar-refractivity contribution in [2.75, 3.05) is 6.54 Å². The van der Waals surface area contributed by atoms with E-state index in [1.54, 1.807) is 24.6 Å². The summed E-state index contributed by atoms with van der Waals surface area (Å²) >= 11 is 1.73. The Morgan fingerprint density at radius 2 is 2.00 bits per heavy atom. The fourth-order valence-corrected chi connectivity index (χ4v) is 3.12. The molecule has 2 aromatic heterocycles. The molecule has 0 amide bonds. The van der Waals surface area contributed by atoms with Crippen LogP contribution in [0, 0.1) is 0 Å². The first-order valence-corrected chi connectivity index (χ1v) is 7.71. The van der Waals surface area contributed by atoms with Crippen LogP contribution < -0.4 is 16.6 Å². The minimum atomic E-state index is -0.303. The fraction of sp³-hybridized carbons (Fsp3) is 0.467. The van der Waals surface area contributed by atoms with Gasteiger partial charge in [-0.1, -0.05) is 19.9 Å². The third-order valence-corrected chi connectivity index (χ3v) is 4.82. The molecule has 5 nitrogen and oxygen atoms in total. The van der Waals surface area contributed by atoms with Gasteiger partial charge in [0.05, 0.1) is 0 Å². The molecule has 1 N–H and O–H groups in total. The smallest absolute Gasteiger partial charge is 0.312 e. The molecule has 0 spiro atoms. The molecule has 2 heterocycles. The topological polar surface area (TPSA) is 56.0 Å². The first-order chi connectivity index (χ1) is 9.83. The largest absolute Gasteiger partial charge is 0.330 e. The van der Waals surface area contributed by atoms with E-state index < -0.39 is 0 Å². The standard InChI is InChI=1S/C15H21N3O2S/c1-15(2,12-6-5-7-21-12)10-16-8-11-9-17(3)14(20)18(4)13(11)19/h5-7,9,16H,8,10H2,1-4H3. The van der Waals surface area contributed by atoms with E-state index in [4.69, 9.17) is 0 Å². The Hall–Kier alpha value is -1.66. The highest BCUT2D eigenvalue weighted by Gasteiger charge is 2.21. The maximum absolute atomic E-state index is 12.0. The van der Waals surface area contributed by atoms with E-state index in [0.29, 0.717) is 12.1 Å². The normalized spacial score (nSPS) is 11.8. The monoisotopic (exact) mass is 307 g/mol. The number of hydrogen-bond acceptors (Lipinski definition) is 4. The predicted molar refractivity (Wildman–Crippen MR) is 86.0 cm³/mol. The molecule has 0 aliphatic heterocycles. The van der Waals surface area contributed by atoms with E-state index in [0.717, 1.165) is 11.1 Å². The van der Waals surface area contributed by atoms with Crippen LogP contribution in [-0.2, 0) is 26.1 Å². The lowest BCUT2D eigenvalue weighted by Gasteiger charge is -2.23. The van der Waals surface area contributed by atoms with E-state index in [1.165, 1.54) is 16.5 Å². The summed E-state index contributed by atoms with van der Waals surface area (Å²) in [5.74, 6) is 0. The zero-order valence-electron chi connectivity index (χ0n) is 12.8. The van der Waals surface area contributed by atoms with Crippen molar-refractivity contribution >= 4 is 11.3 Å². The van der Waals surface area contributed by atoms with Crippen LogP contribution in [0.15, 0.2) is 33.3 Å². The number of nitrogens with zero attached hydrogens (tertiary/aromatic N) is 2. The van der Waals surface area contributed by atoms with Gasteiger partial charge in [-0.2, -0.15) is 0 Å². The summed E-state index contributed by atoms with van der Waals surface area (Å²) in [5, 5.41) is 5.39. The number of aromatic nitrogens is 2. The van der Waals surface area contributed by atoms with Gasteiger partial charge >= 0.3 is 5.69 Å². The number of thiophene rings is 1. The Bertz CT molecular complexity index is 726. The van der Waals surface area contributed by atoms with Gasteiger partial charge in [-0.15, -0.1) is 11.3 Å². The van der Waals surface area contributed by atoms with Gasteiger partial charge in [0.2, 0.25) is 0 Å². The zero-order chi connectivity index (χ0) is 15.6. The minimum absolute atomic E-state index is 0.0140. The maximum atomic E-state index is 12.0. The lowest BCUT2D eigenvalue weighted by Crippen LogP contribution is -2.40. The van der Waals surface area contributed by atoms with Gasteiger partial charge in [-0.3, -0.25) is 9.36 Å². The molecular formula is C15H21N3O2S. The molecular weight excluding hydrogens is 286 g/mol. The molecule has 0 saturated carbocycles. The molecule has 0 aliphatic carbocycles. The van der Waals surface area contributed by atoms with Crippen molar-refractivity contribution in [2.45, 2.75) is 25.8 Å². The van der Waals surface area contributed by atoms with Gasteiger partial charge in [0, 0.05) is 49.2 Å². The summed E-state index contributed by atoms with van der Waals surface area (Å²) in [5.41, 5.74) is 0.0730. The molecule has 0 aromatic carbocycles. The second kappa shape index (κ2) is 5.99. The molecule has 0 aliphatic rings. The SMILES string of the molecule is Cn1cc(CNCC(C)(C)c2cccs2)c(=O)n(C)c1=O. The van der Waals surface area contributed by atoms with Crippen LogP contribution in [-0.4, -0.2) is 15.7 Å². The summed E-state index contributed by atoms with van der Waals surface area (Å²) < 4.78 is 2.57. The number of rotatable bonds is 5. The second-order valence-electron chi connectivity index (χ2n) is 5.88. The molecule has 0 radical (unpaired) electrons. The van der Waals surface area contributed by atoms with Crippen molar-refractivity contribution in [2.24, 2.45) is 14.1 Å². The van der Waals surface area contributed by atoms with E-state index >= 15 is 0 Å². The number of hydrogen-bond donors (Lipinski definition) is 1. The van der Waals surface area contributed by atoms with Crippen molar-refractivity contribution in [3.05, 3.63) is 55.0 Å². The van der Waals surface area contributed by atoms with Gasteiger partial charge in [0.1, 0.15) is 0 Å². The average Bonchev–Trinajstić information content (AvgIpc) is 2.97. The molecule has 0 saturated heterocycles. The predicted octanol–water partition coefficient (Wildman–Crippen LogP) is 1.21. The average molecular weight is 307 g/mol. The minimum Gasteiger partial charge on any atom is -0.312 e. The molecule has 21 heavy (non-hydrogen) atoms. The summed E-state index contributed by atoms with van der Waals surface area (Å²) in [6.07, 6.45) is 1.61. The second-order valence-corrected chi connectivity index (χ2v) is 6.82. The third-order valence-electron chi connectivity index (χ3n) is 3.59. The van der Waals surface area contributed by atoms with Crippen LogP contribution in [0.3, 0.4) is 0 Å². The molecule has 114 valence electrons.